The molecule has 3 N–H and O–H groups in total. The third-order valence-electron chi connectivity index (χ3n) is 5.25. The van der Waals surface area contributed by atoms with Crippen LogP contribution < -0.4 is 30.3 Å². The molecule has 0 heterocycles. The van der Waals surface area contributed by atoms with Crippen LogP contribution >= 0.6 is 0 Å². The van der Waals surface area contributed by atoms with E-state index in [1.54, 1.807) is 54.6 Å². The van der Waals surface area contributed by atoms with E-state index >= 15 is 0 Å². The molecule has 0 spiro atoms. The highest BCUT2D eigenvalue weighted by atomic mass is 16.5. The molecule has 0 aliphatic rings. The lowest BCUT2D eigenvalue weighted by Gasteiger charge is -2.13. The van der Waals surface area contributed by atoms with Crippen molar-refractivity contribution in [3.8, 4) is 17.2 Å². The van der Waals surface area contributed by atoms with E-state index in [9.17, 15) is 14.4 Å². The van der Waals surface area contributed by atoms with E-state index in [2.05, 4.69) is 21.2 Å². The molecule has 0 saturated carbocycles. The number of rotatable bonds is 11. The number of hydrazone groups is 1. The van der Waals surface area contributed by atoms with Gasteiger partial charge in [0.15, 0.2) is 18.1 Å². The number of carbonyl (C=O) groups excluding carboxylic acids is 3. The van der Waals surface area contributed by atoms with Gasteiger partial charge in [-0.25, -0.2) is 5.43 Å². The Kier molecular flexibility index (Phi) is 10.2. The number of anilines is 2. The molecule has 3 aromatic carbocycles. The molecule has 10 heteroatoms. The number of hydrogen-bond donors (Lipinski definition) is 3. The zero-order valence-corrected chi connectivity index (χ0v) is 21.4. The number of benzene rings is 3. The van der Waals surface area contributed by atoms with Crippen molar-refractivity contribution in [1.29, 1.82) is 0 Å². The fourth-order valence-corrected chi connectivity index (χ4v) is 3.43. The Hall–Kier alpha value is -4.86. The van der Waals surface area contributed by atoms with Gasteiger partial charge in [0.25, 0.3) is 5.91 Å². The number of hydrogen-bond acceptors (Lipinski definition) is 7. The fourth-order valence-electron chi connectivity index (χ4n) is 3.43. The highest BCUT2D eigenvalue weighted by molar-refractivity contribution is 6.39. The molecule has 3 amide bonds. The largest absolute Gasteiger partial charge is 0.494 e. The highest BCUT2D eigenvalue weighted by Gasteiger charge is 2.15. The molecule has 3 rings (SSSR count). The van der Waals surface area contributed by atoms with Crippen molar-refractivity contribution in [3.63, 3.8) is 0 Å². The van der Waals surface area contributed by atoms with Crippen LogP contribution in [0.3, 0.4) is 0 Å². The van der Waals surface area contributed by atoms with Crippen LogP contribution in [-0.2, 0) is 20.8 Å². The molecule has 0 unspecified atom stereocenters. The Bertz CT molecular complexity index is 1290. The van der Waals surface area contributed by atoms with Gasteiger partial charge in [-0.05, 0) is 61.4 Å². The van der Waals surface area contributed by atoms with Crippen LogP contribution in [0.5, 0.6) is 17.2 Å². The van der Waals surface area contributed by atoms with E-state index in [-0.39, 0.29) is 18.3 Å². The SMILES string of the molecule is CCOc1ccc(NC(=O)COc2c(/C=N\NC(=O)C(=O)Nc3ccccc3CC)cccc2OC)cc1. The number of aryl methyl sites for hydroxylation is 1. The van der Waals surface area contributed by atoms with Crippen molar-refractivity contribution in [2.75, 3.05) is 31.0 Å². The Labute approximate surface area is 221 Å². The fraction of sp³-hybridized carbons (Fsp3) is 0.214. The molecule has 0 fully saturated rings. The first kappa shape index (κ1) is 27.7. The van der Waals surface area contributed by atoms with Crippen molar-refractivity contribution in [1.82, 2.24) is 5.43 Å². The van der Waals surface area contributed by atoms with E-state index in [0.29, 0.717) is 41.5 Å². The number of nitrogens with one attached hydrogen (secondary N) is 3. The summed E-state index contributed by atoms with van der Waals surface area (Å²) in [5, 5.41) is 9.19. The van der Waals surface area contributed by atoms with Crippen molar-refractivity contribution in [3.05, 3.63) is 77.9 Å². The van der Waals surface area contributed by atoms with Gasteiger partial charge in [-0.2, -0.15) is 5.10 Å². The monoisotopic (exact) mass is 518 g/mol. The summed E-state index contributed by atoms with van der Waals surface area (Å²) < 4.78 is 16.5. The number of carbonyl (C=O) groups is 3. The highest BCUT2D eigenvalue weighted by Crippen LogP contribution is 2.30. The van der Waals surface area contributed by atoms with Crippen molar-refractivity contribution >= 4 is 35.3 Å². The summed E-state index contributed by atoms with van der Waals surface area (Å²) in [4.78, 5) is 37.0. The Morgan fingerprint density at radius 1 is 0.868 bits per heavy atom. The van der Waals surface area contributed by atoms with E-state index < -0.39 is 11.8 Å². The molecular formula is C28H30N4O6. The first-order valence-electron chi connectivity index (χ1n) is 12.0. The molecule has 0 aromatic heterocycles. The quantitative estimate of drug-likeness (QED) is 0.202. The van der Waals surface area contributed by atoms with Crippen molar-refractivity contribution in [2.24, 2.45) is 5.10 Å². The molecule has 198 valence electrons. The van der Waals surface area contributed by atoms with Gasteiger partial charge >= 0.3 is 11.8 Å². The van der Waals surface area contributed by atoms with Gasteiger partial charge in [-0.1, -0.05) is 31.2 Å². The number of nitrogens with zero attached hydrogens (tertiary/aromatic N) is 1. The molecule has 0 aliphatic carbocycles. The van der Waals surface area contributed by atoms with Gasteiger partial charge < -0.3 is 24.8 Å². The zero-order valence-electron chi connectivity index (χ0n) is 21.4. The van der Waals surface area contributed by atoms with Crippen LogP contribution in [0.1, 0.15) is 25.0 Å². The van der Waals surface area contributed by atoms with Crippen LogP contribution in [0.4, 0.5) is 11.4 Å². The molecular weight excluding hydrogens is 488 g/mol. The Morgan fingerprint density at radius 3 is 2.34 bits per heavy atom. The molecule has 38 heavy (non-hydrogen) atoms. The van der Waals surface area contributed by atoms with Crippen LogP contribution in [0, 0.1) is 0 Å². The lowest BCUT2D eigenvalue weighted by molar-refractivity contribution is -0.136. The van der Waals surface area contributed by atoms with E-state index in [1.165, 1.54) is 13.3 Å². The average Bonchev–Trinajstić information content (AvgIpc) is 2.93. The van der Waals surface area contributed by atoms with Crippen molar-refractivity contribution in [2.45, 2.75) is 20.3 Å². The average molecular weight is 519 g/mol. The topological polar surface area (TPSA) is 127 Å². The summed E-state index contributed by atoms with van der Waals surface area (Å²) in [6.07, 6.45) is 2.00. The van der Waals surface area contributed by atoms with Crippen LogP contribution in [-0.4, -0.2) is 44.3 Å². The minimum absolute atomic E-state index is 0.246. The van der Waals surface area contributed by atoms with E-state index in [1.807, 2.05) is 26.0 Å². The molecule has 10 nitrogen and oxygen atoms in total. The lowest BCUT2D eigenvalue weighted by Crippen LogP contribution is -2.32. The summed E-state index contributed by atoms with van der Waals surface area (Å²) in [6.45, 7) is 4.09. The first-order valence-corrected chi connectivity index (χ1v) is 12.0. The molecule has 3 aromatic rings. The second-order valence-electron chi connectivity index (χ2n) is 7.84. The number of ether oxygens (including phenoxy) is 3. The second-order valence-corrected chi connectivity index (χ2v) is 7.84. The van der Waals surface area contributed by atoms with Gasteiger partial charge in [-0.3, -0.25) is 14.4 Å². The Morgan fingerprint density at radius 2 is 1.63 bits per heavy atom. The maximum atomic E-state index is 12.4. The van der Waals surface area contributed by atoms with Crippen LogP contribution in [0.25, 0.3) is 0 Å². The van der Waals surface area contributed by atoms with Gasteiger partial charge in [0, 0.05) is 16.9 Å². The summed E-state index contributed by atoms with van der Waals surface area (Å²) in [6, 6.07) is 19.2. The van der Waals surface area contributed by atoms with Crippen molar-refractivity contribution < 1.29 is 28.6 Å². The minimum Gasteiger partial charge on any atom is -0.494 e. The Balaban J connectivity index is 1.60. The predicted octanol–water partition coefficient (Wildman–Crippen LogP) is 3.76. The smallest absolute Gasteiger partial charge is 0.329 e. The van der Waals surface area contributed by atoms with E-state index in [4.69, 9.17) is 14.2 Å². The molecule has 0 radical (unpaired) electrons. The maximum absolute atomic E-state index is 12.4. The second kappa shape index (κ2) is 14.0. The summed E-state index contributed by atoms with van der Waals surface area (Å²) in [7, 11) is 1.46. The summed E-state index contributed by atoms with van der Waals surface area (Å²) in [5.41, 5.74) is 4.68. The maximum Gasteiger partial charge on any atom is 0.329 e. The first-order chi connectivity index (χ1) is 18.4. The molecule has 0 saturated heterocycles. The van der Waals surface area contributed by atoms with Gasteiger partial charge in [0.2, 0.25) is 0 Å². The lowest BCUT2D eigenvalue weighted by atomic mass is 10.1. The third kappa shape index (κ3) is 7.82. The number of methoxy groups -OCH3 is 1. The zero-order chi connectivity index (χ0) is 27.3. The van der Waals surface area contributed by atoms with Gasteiger partial charge in [0.1, 0.15) is 5.75 Å². The van der Waals surface area contributed by atoms with Gasteiger partial charge in [0.05, 0.1) is 19.9 Å². The van der Waals surface area contributed by atoms with Gasteiger partial charge in [-0.15, -0.1) is 0 Å². The summed E-state index contributed by atoms with van der Waals surface area (Å²) >= 11 is 0. The molecule has 0 aliphatic heterocycles. The van der Waals surface area contributed by atoms with Crippen LogP contribution in [0.15, 0.2) is 71.8 Å². The normalized spacial score (nSPS) is 10.5. The minimum atomic E-state index is -0.938. The number of para-hydroxylation sites is 2. The number of amides is 3. The third-order valence-corrected chi connectivity index (χ3v) is 5.25. The molecule has 0 bridgehead atoms. The standard InChI is InChI=1S/C28H30N4O6/c1-4-19-9-6-7-11-23(19)31-27(34)28(35)32-29-17-20-10-8-12-24(36-3)26(20)38-18-25(33)30-21-13-15-22(16-14-21)37-5-2/h6-17H,4-5,18H2,1-3H3,(H,30,33)(H,31,34)(H,32,35)/b29-17-. The molecule has 0 atom stereocenters. The predicted molar refractivity (Wildman–Crippen MR) is 145 cm³/mol. The van der Waals surface area contributed by atoms with E-state index in [0.717, 1.165) is 5.56 Å². The van der Waals surface area contributed by atoms with Crippen LogP contribution in [0.2, 0.25) is 0 Å². The summed E-state index contributed by atoms with van der Waals surface area (Å²) in [5.74, 6) is -0.863.